The Hall–Kier alpha value is -1.10. The standard InChI is InChI=1S/C14H10Br2O2/c15-6-2-1-4-11-8-13-14(18-10-17-13)9-12(11)5-3-7-16/h8-9H,2,6-7,10H2. The molecule has 1 heterocycles. The van der Waals surface area contributed by atoms with Crippen LogP contribution in [0.2, 0.25) is 0 Å². The molecule has 1 aromatic carbocycles. The third-order valence-corrected chi connectivity index (χ3v) is 2.92. The second kappa shape index (κ2) is 6.73. The Morgan fingerprint density at radius 3 is 2.17 bits per heavy atom. The third kappa shape index (κ3) is 3.22. The molecule has 2 nitrogen and oxygen atoms in total. The quantitative estimate of drug-likeness (QED) is 0.558. The van der Waals surface area contributed by atoms with Crippen molar-refractivity contribution in [2.45, 2.75) is 6.42 Å². The topological polar surface area (TPSA) is 18.5 Å². The number of alkyl halides is 2. The van der Waals surface area contributed by atoms with Crippen molar-refractivity contribution in [2.75, 3.05) is 17.5 Å². The lowest BCUT2D eigenvalue weighted by Crippen LogP contribution is -1.92. The highest BCUT2D eigenvalue weighted by Crippen LogP contribution is 2.34. The van der Waals surface area contributed by atoms with Crippen LogP contribution in [0.1, 0.15) is 17.5 Å². The molecule has 0 radical (unpaired) electrons. The Morgan fingerprint density at radius 2 is 1.61 bits per heavy atom. The van der Waals surface area contributed by atoms with E-state index in [1.807, 2.05) is 12.1 Å². The van der Waals surface area contributed by atoms with Crippen LogP contribution in [0.25, 0.3) is 0 Å². The van der Waals surface area contributed by atoms with Gasteiger partial charge in [-0.15, -0.1) is 0 Å². The van der Waals surface area contributed by atoms with E-state index in [2.05, 4.69) is 55.5 Å². The fourth-order valence-electron chi connectivity index (χ4n) is 1.48. The number of hydrogen-bond donors (Lipinski definition) is 0. The Bertz CT molecular complexity index is 559. The molecule has 18 heavy (non-hydrogen) atoms. The van der Waals surface area contributed by atoms with Gasteiger partial charge in [0.15, 0.2) is 11.5 Å². The van der Waals surface area contributed by atoms with E-state index >= 15 is 0 Å². The van der Waals surface area contributed by atoms with Gasteiger partial charge in [0.25, 0.3) is 0 Å². The first-order chi connectivity index (χ1) is 8.85. The van der Waals surface area contributed by atoms with Gasteiger partial charge < -0.3 is 9.47 Å². The maximum absolute atomic E-state index is 5.35. The van der Waals surface area contributed by atoms with Crippen LogP contribution in [0.3, 0.4) is 0 Å². The lowest BCUT2D eigenvalue weighted by atomic mass is 10.1. The molecular weight excluding hydrogens is 360 g/mol. The Labute approximate surface area is 123 Å². The SMILES string of the molecule is BrCC#Cc1cc2c(cc1C#CCCBr)OCO2. The van der Waals surface area contributed by atoms with Crippen LogP contribution in [0.5, 0.6) is 11.5 Å². The second-order valence-corrected chi connectivity index (χ2v) is 4.78. The molecule has 0 saturated carbocycles. The van der Waals surface area contributed by atoms with Crippen LogP contribution >= 0.6 is 31.9 Å². The predicted octanol–water partition coefficient (Wildman–Crippen LogP) is 3.30. The van der Waals surface area contributed by atoms with E-state index in [0.717, 1.165) is 34.4 Å². The summed E-state index contributed by atoms with van der Waals surface area (Å²) in [7, 11) is 0. The van der Waals surface area contributed by atoms with Gasteiger partial charge in [-0.3, -0.25) is 0 Å². The Morgan fingerprint density at radius 1 is 1.00 bits per heavy atom. The Balaban J connectivity index is 2.39. The molecule has 4 heteroatoms. The highest BCUT2D eigenvalue weighted by Gasteiger charge is 2.15. The molecule has 0 unspecified atom stereocenters. The van der Waals surface area contributed by atoms with Crippen molar-refractivity contribution in [3.8, 4) is 35.2 Å². The first-order valence-corrected chi connectivity index (χ1v) is 7.62. The van der Waals surface area contributed by atoms with Crippen molar-refractivity contribution in [1.82, 2.24) is 0 Å². The number of hydrogen-bond acceptors (Lipinski definition) is 2. The highest BCUT2D eigenvalue weighted by atomic mass is 79.9. The molecule has 0 N–H and O–H groups in total. The van der Waals surface area contributed by atoms with Gasteiger partial charge in [-0.25, -0.2) is 0 Å². The van der Waals surface area contributed by atoms with Crippen LogP contribution in [0.15, 0.2) is 12.1 Å². The maximum atomic E-state index is 5.35. The maximum Gasteiger partial charge on any atom is 0.231 e. The van der Waals surface area contributed by atoms with Crippen LogP contribution < -0.4 is 9.47 Å². The molecule has 0 atom stereocenters. The first-order valence-electron chi connectivity index (χ1n) is 5.38. The van der Waals surface area contributed by atoms with Gasteiger partial charge in [-0.2, -0.15) is 0 Å². The van der Waals surface area contributed by atoms with Crippen molar-refractivity contribution < 1.29 is 9.47 Å². The Kier molecular flexibility index (Phi) is 4.99. The number of benzene rings is 1. The zero-order valence-electron chi connectivity index (χ0n) is 9.56. The largest absolute Gasteiger partial charge is 0.454 e. The monoisotopic (exact) mass is 368 g/mol. The van der Waals surface area contributed by atoms with Crippen molar-refractivity contribution in [3.05, 3.63) is 23.3 Å². The summed E-state index contributed by atoms with van der Waals surface area (Å²) in [5, 5.41) is 1.50. The summed E-state index contributed by atoms with van der Waals surface area (Å²) in [6, 6.07) is 3.78. The lowest BCUT2D eigenvalue weighted by molar-refractivity contribution is 0.174. The van der Waals surface area contributed by atoms with E-state index in [1.165, 1.54) is 0 Å². The summed E-state index contributed by atoms with van der Waals surface area (Å²) in [5.41, 5.74) is 1.76. The molecule has 0 bridgehead atoms. The van der Waals surface area contributed by atoms with Gasteiger partial charge in [0, 0.05) is 35.0 Å². The molecule has 0 fully saturated rings. The number of halogens is 2. The van der Waals surface area contributed by atoms with Gasteiger partial charge >= 0.3 is 0 Å². The fourth-order valence-corrected chi connectivity index (χ4v) is 1.82. The molecule has 0 aliphatic carbocycles. The van der Waals surface area contributed by atoms with Gasteiger partial charge in [-0.05, 0) is 0 Å². The molecule has 1 aliphatic rings. The van der Waals surface area contributed by atoms with E-state index in [4.69, 9.17) is 9.47 Å². The van der Waals surface area contributed by atoms with E-state index < -0.39 is 0 Å². The van der Waals surface area contributed by atoms with Gasteiger partial charge in [0.1, 0.15) is 0 Å². The van der Waals surface area contributed by atoms with Crippen LogP contribution in [0.4, 0.5) is 0 Å². The summed E-state index contributed by atoms with van der Waals surface area (Å²) < 4.78 is 10.7. The number of fused-ring (bicyclic) bond motifs is 1. The van der Waals surface area contributed by atoms with E-state index in [-0.39, 0.29) is 6.79 Å². The molecule has 0 saturated heterocycles. The lowest BCUT2D eigenvalue weighted by Gasteiger charge is -2.00. The molecule has 1 aliphatic heterocycles. The average Bonchev–Trinajstić information content (AvgIpc) is 2.83. The molecule has 0 spiro atoms. The van der Waals surface area contributed by atoms with Crippen LogP contribution in [-0.2, 0) is 0 Å². The first kappa shape index (κ1) is 13.3. The molecular formula is C14H10Br2O2. The van der Waals surface area contributed by atoms with Crippen molar-refractivity contribution in [1.29, 1.82) is 0 Å². The molecule has 0 amide bonds. The molecule has 0 aromatic heterocycles. The van der Waals surface area contributed by atoms with Crippen molar-refractivity contribution in [2.24, 2.45) is 0 Å². The van der Waals surface area contributed by atoms with Crippen LogP contribution in [0, 0.1) is 23.7 Å². The minimum Gasteiger partial charge on any atom is -0.454 e. The average molecular weight is 370 g/mol. The van der Waals surface area contributed by atoms with Crippen LogP contribution in [-0.4, -0.2) is 17.5 Å². The van der Waals surface area contributed by atoms with Gasteiger partial charge in [0.2, 0.25) is 6.79 Å². The minimum absolute atomic E-state index is 0.263. The molecule has 1 aromatic rings. The number of rotatable bonds is 1. The summed E-state index contributed by atoms with van der Waals surface area (Å²) in [6.07, 6.45) is 0.805. The van der Waals surface area contributed by atoms with E-state index in [0.29, 0.717) is 5.33 Å². The smallest absolute Gasteiger partial charge is 0.231 e. The normalized spacial score (nSPS) is 11.2. The summed E-state index contributed by atoms with van der Waals surface area (Å²) >= 11 is 6.64. The number of ether oxygens (including phenoxy) is 2. The second-order valence-electron chi connectivity index (χ2n) is 3.43. The zero-order valence-corrected chi connectivity index (χ0v) is 12.7. The minimum atomic E-state index is 0.263. The van der Waals surface area contributed by atoms with E-state index in [9.17, 15) is 0 Å². The third-order valence-electron chi connectivity index (χ3n) is 2.25. The van der Waals surface area contributed by atoms with Crippen molar-refractivity contribution >= 4 is 31.9 Å². The summed E-state index contributed by atoms with van der Waals surface area (Å²) in [5.74, 6) is 13.7. The summed E-state index contributed by atoms with van der Waals surface area (Å²) in [6.45, 7) is 0.263. The molecule has 2 rings (SSSR count). The van der Waals surface area contributed by atoms with Gasteiger partial charge in [-0.1, -0.05) is 55.5 Å². The molecule has 92 valence electrons. The highest BCUT2D eigenvalue weighted by molar-refractivity contribution is 9.09. The van der Waals surface area contributed by atoms with Gasteiger partial charge in [0.05, 0.1) is 5.33 Å². The zero-order chi connectivity index (χ0) is 12.8. The predicted molar refractivity (Wildman–Crippen MR) is 78.5 cm³/mol. The van der Waals surface area contributed by atoms with E-state index in [1.54, 1.807) is 0 Å². The fraction of sp³-hybridized carbons (Fsp3) is 0.286. The summed E-state index contributed by atoms with van der Waals surface area (Å²) in [4.78, 5) is 0. The van der Waals surface area contributed by atoms with Crippen molar-refractivity contribution in [3.63, 3.8) is 0 Å².